The molecule has 4 aromatic carbocycles. The maximum Gasteiger partial charge on any atom is 0.421 e. The Hall–Kier alpha value is -14.0. The summed E-state index contributed by atoms with van der Waals surface area (Å²) in [5.41, 5.74) is 3.59. The predicted molar refractivity (Wildman–Crippen MR) is 503 cm³/mol. The van der Waals surface area contributed by atoms with Crippen molar-refractivity contribution in [2.75, 3.05) is 56.6 Å². The first kappa shape index (κ1) is 100.0. The van der Waals surface area contributed by atoms with Gasteiger partial charge in [0, 0.05) is 95.6 Å². The van der Waals surface area contributed by atoms with Crippen LogP contribution in [0.25, 0.3) is 44.6 Å². The van der Waals surface area contributed by atoms with Crippen molar-refractivity contribution in [3.05, 3.63) is 183 Å². The molecule has 0 bridgehead atoms. The molecule has 1 saturated carbocycles. The van der Waals surface area contributed by atoms with Gasteiger partial charge >= 0.3 is 52.6 Å². The maximum atomic E-state index is 15.6. The summed E-state index contributed by atoms with van der Waals surface area (Å²) < 4.78 is 103. The number of cyclic esters (lactones) is 2. The number of nitrogens with one attached hydrogen (secondary N) is 10. The Morgan fingerprint density at radius 1 is 0.532 bits per heavy atom. The number of aliphatic hydroxyl groups is 2. The molecule has 1 unspecified atom stereocenters. The van der Waals surface area contributed by atoms with Gasteiger partial charge in [-0.3, -0.25) is 33.7 Å². The standard InChI is InChI=1S/C99H111F2N15O24S/c1-11-98(130)67-37-75-83-62(41-115(75)89(121)65(67)46-136-91(98)123)79-71(29-27-58-50(7)69(100)39-73(107-83)77(58)79)109-93(125)138-43-54-19-23-56(24-20-54)105-85(117)52(9)103-87(119)81(48(3)4)111-95(127)134-35-33-114(32-31-102-141(132,133)113-97(129)140-45-64-60-17-15-13-14-16-18-61(60)64)34-36-135-96(128)112-82(49(5)6)88(120)104-53(10)86(118)106-57-25-21-55(22-26-57)44-139-94(126)110-72-30-28-59-51(8)70(101)40-74-78(59)80(72)63-42-116-76(84(63)108-74)38-68-66(90(116)122)47-137-92(124)99(68,131)12-2/h19-26,37-40,48-49,52-53,60-61,64,71-72,81-82,102,130-131H,11-12,15-18,27-36,41-47H2,1-10H3,(H,103,119)(H,104,120)(H,105,117)(H,106,118)(H,109,125)(H,110,126)(H,111,127)(H,112,128)(H,113,129)/t52-,53-,60-,61+,64?,71-,72-,81-,82-,98-,99-/m0/s1. The van der Waals surface area contributed by atoms with Crippen LogP contribution in [0.15, 0.2) is 82.4 Å². The van der Waals surface area contributed by atoms with Gasteiger partial charge in [-0.2, -0.15) is 13.1 Å². The number of hydrogen-bond acceptors (Lipinski definition) is 27. The number of hydrogen-bond donors (Lipinski definition) is 12. The fraction of sp³-hybridized carbons (Fsp3) is 0.465. The summed E-state index contributed by atoms with van der Waals surface area (Å²) >= 11 is 0. The van der Waals surface area contributed by atoms with Crippen LogP contribution in [0.5, 0.6) is 0 Å². The summed E-state index contributed by atoms with van der Waals surface area (Å²) in [6.07, 6.45) is -0.445. The molecule has 0 spiro atoms. The molecule has 0 radical (unpaired) electrons. The molecule has 8 aliphatic rings. The summed E-state index contributed by atoms with van der Waals surface area (Å²) in [6, 6.07) is 12.2. The van der Waals surface area contributed by atoms with Crippen LogP contribution in [0, 0.1) is 66.9 Å². The van der Waals surface area contributed by atoms with Crippen LogP contribution in [0.4, 0.5) is 44.1 Å². The van der Waals surface area contributed by atoms with E-state index in [9.17, 15) is 81.0 Å². The number of carbonyl (C=O) groups is 11. The average molecular weight is 1970 g/mol. The van der Waals surface area contributed by atoms with Gasteiger partial charge in [-0.15, -0.1) is 11.8 Å². The van der Waals surface area contributed by atoms with E-state index in [0.717, 1.165) is 25.7 Å². The number of carbonyl (C=O) groups excluding carboxylic acids is 11. The Morgan fingerprint density at radius 2 is 0.950 bits per heavy atom. The van der Waals surface area contributed by atoms with Crippen molar-refractivity contribution in [2.24, 2.45) is 29.6 Å². The number of anilines is 2. The number of esters is 2. The van der Waals surface area contributed by atoms with Gasteiger partial charge in [0.05, 0.1) is 76.7 Å². The smallest absolute Gasteiger partial charge is 0.421 e. The Bertz CT molecular complexity index is 6400. The van der Waals surface area contributed by atoms with E-state index in [1.165, 1.54) is 35.1 Å². The third-order valence-corrected chi connectivity index (χ3v) is 29.0. The number of fused-ring (bicyclic) bond motifs is 11. The molecule has 8 aromatic rings. The van der Waals surface area contributed by atoms with Crippen molar-refractivity contribution in [3.8, 4) is 34.6 Å². The van der Waals surface area contributed by atoms with Crippen LogP contribution in [-0.4, -0.2) is 179 Å². The van der Waals surface area contributed by atoms with Crippen LogP contribution < -0.4 is 63.1 Å². The minimum absolute atomic E-state index is 0.0214. The molecule has 4 aromatic heterocycles. The number of pyridine rings is 4. The fourth-order valence-electron chi connectivity index (χ4n) is 19.9. The molecule has 8 heterocycles. The van der Waals surface area contributed by atoms with Gasteiger partial charge in [-0.05, 0) is 190 Å². The molecule has 9 amide bonds. The van der Waals surface area contributed by atoms with Gasteiger partial charge in [0.1, 0.15) is 75.4 Å². The Kier molecular flexibility index (Phi) is 29.1. The van der Waals surface area contributed by atoms with E-state index in [2.05, 4.69) is 59.1 Å². The number of halogens is 2. The molecule has 4 aliphatic heterocycles. The maximum absolute atomic E-state index is 15.6. The van der Waals surface area contributed by atoms with E-state index in [-0.39, 0.29) is 127 Å². The van der Waals surface area contributed by atoms with Crippen molar-refractivity contribution in [3.63, 3.8) is 0 Å². The highest BCUT2D eigenvalue weighted by Gasteiger charge is 2.51. The summed E-state index contributed by atoms with van der Waals surface area (Å²) in [4.78, 5) is 188. The van der Waals surface area contributed by atoms with Gasteiger partial charge in [-0.25, -0.2) is 57.0 Å². The van der Waals surface area contributed by atoms with E-state index in [0.29, 0.717) is 149 Å². The lowest BCUT2D eigenvalue weighted by molar-refractivity contribution is -0.172. The molecule has 12 N–H and O–H groups in total. The molecular weight excluding hydrogens is 1850 g/mol. The number of rotatable bonds is 33. The fourth-order valence-corrected chi connectivity index (χ4v) is 20.6. The molecule has 16 rings (SSSR count). The number of alkyl carbamates (subject to hydrolysis) is 4. The van der Waals surface area contributed by atoms with E-state index in [1.54, 1.807) is 121 Å². The quantitative estimate of drug-likeness (QED) is 0.0104. The van der Waals surface area contributed by atoms with E-state index >= 15 is 8.78 Å². The highest BCUT2D eigenvalue weighted by Crippen LogP contribution is 2.53. The van der Waals surface area contributed by atoms with E-state index in [4.69, 9.17) is 43.1 Å². The molecule has 4 aliphatic carbocycles. The summed E-state index contributed by atoms with van der Waals surface area (Å²) in [6.45, 7) is 13.4. The third kappa shape index (κ3) is 20.7. The second-order valence-electron chi connectivity index (χ2n) is 37.4. The molecule has 42 heteroatoms. The van der Waals surface area contributed by atoms with Crippen LogP contribution in [0.1, 0.15) is 197 Å². The highest BCUT2D eigenvalue weighted by molar-refractivity contribution is 7.88. The first-order valence-corrected chi connectivity index (χ1v) is 48.6. The number of ether oxygens (including phenoxy) is 7. The molecular formula is C99H111F2N15O24S. The van der Waals surface area contributed by atoms with Gasteiger partial charge < -0.3 is 95.0 Å². The van der Waals surface area contributed by atoms with Gasteiger partial charge in [0.2, 0.25) is 23.6 Å². The monoisotopic (exact) mass is 1960 g/mol. The molecule has 0 saturated heterocycles. The lowest BCUT2D eigenvalue weighted by Gasteiger charge is -2.31. The Morgan fingerprint density at radius 3 is 1.35 bits per heavy atom. The van der Waals surface area contributed by atoms with Crippen LogP contribution in [0.2, 0.25) is 0 Å². The third-order valence-electron chi connectivity index (χ3n) is 27.9. The minimum atomic E-state index is -4.51. The Balaban J connectivity index is 0.486. The van der Waals surface area contributed by atoms with E-state index in [1.807, 2.05) is 4.72 Å². The lowest BCUT2D eigenvalue weighted by atomic mass is 9.81. The normalized spacial score (nSPS) is 20.0. The molecule has 39 nitrogen and oxygen atoms in total. The molecule has 141 heavy (non-hydrogen) atoms. The van der Waals surface area contributed by atoms with Crippen molar-refractivity contribution in [1.29, 1.82) is 0 Å². The Labute approximate surface area is 808 Å². The van der Waals surface area contributed by atoms with Crippen molar-refractivity contribution < 1.29 is 113 Å². The van der Waals surface area contributed by atoms with Crippen LogP contribution >= 0.6 is 0 Å². The number of amides is 9. The minimum Gasteiger partial charge on any atom is -0.458 e. The topological polar surface area (TPSA) is 520 Å². The van der Waals surface area contributed by atoms with Gasteiger partial charge in [0.15, 0.2) is 11.2 Å². The summed E-state index contributed by atoms with van der Waals surface area (Å²) in [5, 5.41) is 45.9. The highest BCUT2D eigenvalue weighted by atomic mass is 32.2. The zero-order valence-corrected chi connectivity index (χ0v) is 80.1. The van der Waals surface area contributed by atoms with Crippen LogP contribution in [0.3, 0.4) is 0 Å². The number of nitrogens with zero attached hydrogens (tertiary/aromatic N) is 5. The van der Waals surface area contributed by atoms with Crippen LogP contribution in [-0.2, 0) is 136 Å². The largest absolute Gasteiger partial charge is 0.458 e. The molecule has 11 atom stereocenters. The first-order valence-electron chi connectivity index (χ1n) is 47.1. The number of benzene rings is 4. The molecule has 1 fully saturated rings. The second kappa shape index (κ2) is 41.0. The second-order valence-corrected chi connectivity index (χ2v) is 38.9. The van der Waals surface area contributed by atoms with Crippen molar-refractivity contribution >= 4 is 109 Å². The lowest BCUT2D eigenvalue weighted by Crippen LogP contribution is -2.54. The van der Waals surface area contributed by atoms with E-state index < -0.39 is 158 Å². The summed E-state index contributed by atoms with van der Waals surface area (Å²) in [5.74, 6) is 0.306. The SMILES string of the molecule is CC[C@@]1(O)C(=O)OCc2c1cc1n(c2=O)Cc2c-1nc1cc(F)c(C)c3c1c2[C@@H](NC(=O)OCc1ccc(NC(=O)[C@H](C)NC(=O)[C@@H](NC(=O)OCCN(CCNS(=O)(=O)NC(=O)OCC2[C@H]4CCC#CCC[C@@H]24)CCOC(=O)N[C@H](C(=O)N[C@@H](C)C(=O)Nc2ccc(COC(=O)N[C@H]4CCc5c(C)c(F)cc6nc7c(c4c56)Cn4c-7cc5c(c4=O)COC(=O)[C@]5(O)CC)cc2)C(C)C)C(C)C)cc1)CC3. The predicted octanol–water partition coefficient (Wildman–Crippen LogP) is 8.59. The van der Waals surface area contributed by atoms with Gasteiger partial charge in [0.25, 0.3) is 11.1 Å². The zero-order valence-electron chi connectivity index (χ0n) is 79.3. The zero-order chi connectivity index (χ0) is 101. The number of aromatic nitrogens is 4. The summed E-state index contributed by atoms with van der Waals surface area (Å²) in [7, 11) is -4.51. The average Bonchev–Trinajstić information content (AvgIpc) is 1.55. The first-order chi connectivity index (χ1) is 67.2. The molecule has 746 valence electrons. The van der Waals surface area contributed by atoms with Crippen molar-refractivity contribution in [1.82, 2.24) is 65.3 Å². The van der Waals surface area contributed by atoms with Gasteiger partial charge in [-0.1, -0.05) is 65.8 Å². The number of aryl methyl sites for hydroxylation is 2. The van der Waals surface area contributed by atoms with Crippen molar-refractivity contribution in [2.45, 2.75) is 220 Å².